The van der Waals surface area contributed by atoms with Crippen molar-refractivity contribution in [2.24, 2.45) is 0 Å². The van der Waals surface area contributed by atoms with Gasteiger partial charge in [0.2, 0.25) is 0 Å². The third-order valence-corrected chi connectivity index (χ3v) is 7.39. The highest BCUT2D eigenvalue weighted by atomic mass is 32.1. The average Bonchev–Trinajstić information content (AvgIpc) is 3.47. The van der Waals surface area contributed by atoms with Crippen molar-refractivity contribution in [3.05, 3.63) is 101 Å². The van der Waals surface area contributed by atoms with Crippen molar-refractivity contribution in [1.82, 2.24) is 14.9 Å². The molecule has 8 nitrogen and oxygen atoms in total. The normalized spacial score (nSPS) is 16.6. The minimum atomic E-state index is -0.366. The Morgan fingerprint density at radius 3 is 2.38 bits per heavy atom. The van der Waals surface area contributed by atoms with Gasteiger partial charge in [-0.1, -0.05) is 6.07 Å². The smallest absolute Gasteiger partial charge is 0.337 e. The molecule has 9 heteroatoms. The number of carbonyl (C=O) groups is 1. The number of methoxy groups -OCH3 is 3. The van der Waals surface area contributed by atoms with E-state index in [1.807, 2.05) is 48.5 Å². The van der Waals surface area contributed by atoms with Gasteiger partial charge in [0.25, 0.3) is 0 Å². The van der Waals surface area contributed by atoms with E-state index in [1.165, 1.54) is 7.11 Å². The molecule has 1 aliphatic rings. The van der Waals surface area contributed by atoms with E-state index in [9.17, 15) is 4.79 Å². The zero-order chi connectivity index (χ0) is 27.7. The van der Waals surface area contributed by atoms with E-state index < -0.39 is 0 Å². The van der Waals surface area contributed by atoms with Crippen LogP contribution >= 0.6 is 12.2 Å². The maximum Gasteiger partial charge on any atom is 0.337 e. The maximum atomic E-state index is 12.0. The minimum Gasteiger partial charge on any atom is -0.497 e. The highest BCUT2D eigenvalue weighted by Gasteiger charge is 2.43. The van der Waals surface area contributed by atoms with Crippen LogP contribution in [0.4, 0.5) is 5.69 Å². The Morgan fingerprint density at radius 1 is 0.974 bits per heavy atom. The zero-order valence-electron chi connectivity index (χ0n) is 22.5. The molecule has 200 valence electrons. The number of ether oxygens (including phenoxy) is 3. The van der Waals surface area contributed by atoms with Crippen LogP contribution in [-0.2, 0) is 4.74 Å². The van der Waals surface area contributed by atoms with Gasteiger partial charge in [-0.2, -0.15) is 0 Å². The minimum absolute atomic E-state index is 0.217. The Kier molecular flexibility index (Phi) is 7.26. The Bertz CT molecular complexity index is 1520. The second kappa shape index (κ2) is 10.8. The Balaban J connectivity index is 1.67. The molecule has 1 aliphatic heterocycles. The van der Waals surface area contributed by atoms with Crippen LogP contribution in [0.2, 0.25) is 0 Å². The van der Waals surface area contributed by atoms with Gasteiger partial charge in [0.15, 0.2) is 5.11 Å². The summed E-state index contributed by atoms with van der Waals surface area (Å²) in [7, 11) is 4.66. The summed E-state index contributed by atoms with van der Waals surface area (Å²) in [6.45, 7) is 4.16. The number of esters is 1. The van der Waals surface area contributed by atoms with E-state index in [0.29, 0.717) is 22.2 Å². The maximum absolute atomic E-state index is 12.0. The molecule has 2 aromatic heterocycles. The van der Waals surface area contributed by atoms with Gasteiger partial charge in [-0.15, -0.1) is 0 Å². The van der Waals surface area contributed by atoms with Crippen molar-refractivity contribution in [3.63, 3.8) is 0 Å². The highest BCUT2D eigenvalue weighted by Crippen LogP contribution is 2.47. The van der Waals surface area contributed by atoms with Crippen molar-refractivity contribution < 1.29 is 19.0 Å². The third-order valence-electron chi connectivity index (χ3n) is 7.08. The summed E-state index contributed by atoms with van der Waals surface area (Å²) in [4.78, 5) is 18.7. The quantitative estimate of drug-likeness (QED) is 0.243. The first-order valence-electron chi connectivity index (χ1n) is 12.5. The van der Waals surface area contributed by atoms with Gasteiger partial charge in [0.1, 0.15) is 11.5 Å². The summed E-state index contributed by atoms with van der Waals surface area (Å²) in [6.07, 6.45) is 1.79. The number of aryl methyl sites for hydroxylation is 1. The largest absolute Gasteiger partial charge is 0.497 e. The summed E-state index contributed by atoms with van der Waals surface area (Å²) >= 11 is 5.93. The number of hydrogen-bond acceptors (Lipinski definition) is 6. The molecule has 1 N–H and O–H groups in total. The molecule has 1 fully saturated rings. The predicted octanol–water partition coefficient (Wildman–Crippen LogP) is 5.47. The number of rotatable bonds is 7. The van der Waals surface area contributed by atoms with E-state index in [1.54, 1.807) is 32.5 Å². The Hall–Kier alpha value is -4.37. The van der Waals surface area contributed by atoms with Gasteiger partial charge >= 0.3 is 5.97 Å². The average molecular weight is 543 g/mol. The number of nitrogens with one attached hydrogen (secondary N) is 1. The molecule has 0 amide bonds. The molecule has 0 saturated carbocycles. The summed E-state index contributed by atoms with van der Waals surface area (Å²) in [5.41, 5.74) is 6.29. The van der Waals surface area contributed by atoms with Crippen molar-refractivity contribution in [1.29, 1.82) is 0 Å². The lowest BCUT2D eigenvalue weighted by Crippen LogP contribution is -2.30. The lowest BCUT2D eigenvalue weighted by Gasteiger charge is -2.29. The number of anilines is 1. The molecule has 39 heavy (non-hydrogen) atoms. The molecular formula is C30H30N4O4S. The monoisotopic (exact) mass is 542 g/mol. The van der Waals surface area contributed by atoms with Crippen molar-refractivity contribution in [2.75, 3.05) is 26.2 Å². The van der Waals surface area contributed by atoms with Crippen LogP contribution in [0.15, 0.2) is 72.9 Å². The molecule has 0 radical (unpaired) electrons. The zero-order valence-corrected chi connectivity index (χ0v) is 23.3. The number of nitrogens with zero attached hydrogens (tertiary/aromatic N) is 3. The summed E-state index contributed by atoms with van der Waals surface area (Å²) in [5, 5.41) is 4.08. The van der Waals surface area contributed by atoms with Crippen molar-refractivity contribution in [3.8, 4) is 17.2 Å². The van der Waals surface area contributed by atoms with Gasteiger partial charge in [-0.05, 0) is 86.2 Å². The second-order valence-electron chi connectivity index (χ2n) is 9.23. The lowest BCUT2D eigenvalue weighted by atomic mass is 9.96. The van der Waals surface area contributed by atoms with Crippen LogP contribution in [0, 0.1) is 13.8 Å². The van der Waals surface area contributed by atoms with Crippen LogP contribution in [0.5, 0.6) is 11.5 Å². The van der Waals surface area contributed by atoms with Crippen molar-refractivity contribution in [2.45, 2.75) is 25.9 Å². The molecule has 2 aromatic carbocycles. The first-order valence-corrected chi connectivity index (χ1v) is 12.9. The predicted molar refractivity (Wildman–Crippen MR) is 154 cm³/mol. The fourth-order valence-electron chi connectivity index (χ4n) is 5.26. The van der Waals surface area contributed by atoms with E-state index in [0.717, 1.165) is 34.0 Å². The lowest BCUT2D eigenvalue weighted by molar-refractivity contribution is 0.0600. The third kappa shape index (κ3) is 4.70. The number of thiocarbonyl (C=S) groups is 1. The standard InChI is InChI=1S/C30H30N4O4S/c1-18-16-23(19(2)33(18)21-11-9-20(10-12-21)29(35)38-5)28-27(24-8-6-7-15-31-24)32-30(39)34(28)25-17-22(36-3)13-14-26(25)37-4/h6-17,27-28H,1-5H3,(H,32,39). The number of pyridine rings is 1. The second-order valence-corrected chi connectivity index (χ2v) is 9.62. The Labute approximate surface area is 233 Å². The molecular weight excluding hydrogens is 512 g/mol. The van der Waals surface area contributed by atoms with Gasteiger partial charge < -0.3 is 29.0 Å². The fourth-order valence-corrected chi connectivity index (χ4v) is 5.60. The van der Waals surface area contributed by atoms with Gasteiger partial charge in [0, 0.05) is 29.3 Å². The Morgan fingerprint density at radius 2 is 1.74 bits per heavy atom. The molecule has 5 rings (SSSR count). The number of hydrogen-bond donors (Lipinski definition) is 1. The van der Waals surface area contributed by atoms with Crippen LogP contribution in [0.3, 0.4) is 0 Å². The molecule has 0 spiro atoms. The van der Waals surface area contributed by atoms with E-state index in [2.05, 4.69) is 39.7 Å². The number of aromatic nitrogens is 2. The SMILES string of the molecule is COC(=O)c1ccc(-n2c(C)cc(C3C(c4ccccn4)NC(=S)N3c3cc(OC)ccc3OC)c2C)cc1. The number of carbonyl (C=O) groups excluding carboxylic acids is 1. The first-order chi connectivity index (χ1) is 18.9. The van der Waals surface area contributed by atoms with Crippen molar-refractivity contribution >= 4 is 29.0 Å². The molecule has 2 atom stereocenters. The summed E-state index contributed by atoms with van der Waals surface area (Å²) in [6, 6.07) is 20.7. The van der Waals surface area contributed by atoms with Crippen LogP contribution in [0.1, 0.15) is 45.1 Å². The molecule has 2 unspecified atom stereocenters. The van der Waals surface area contributed by atoms with Crippen LogP contribution < -0.4 is 19.7 Å². The molecule has 0 bridgehead atoms. The van der Waals surface area contributed by atoms with Crippen LogP contribution in [0.25, 0.3) is 5.69 Å². The molecule has 0 aliphatic carbocycles. The number of benzene rings is 2. The summed E-state index contributed by atoms with van der Waals surface area (Å²) in [5.74, 6) is 1.01. The first kappa shape index (κ1) is 26.2. The summed E-state index contributed by atoms with van der Waals surface area (Å²) < 4.78 is 18.3. The van der Waals surface area contributed by atoms with Crippen LogP contribution in [-0.4, -0.2) is 42.0 Å². The topological polar surface area (TPSA) is 77.9 Å². The fraction of sp³-hybridized carbons (Fsp3) is 0.233. The highest BCUT2D eigenvalue weighted by molar-refractivity contribution is 7.80. The van der Waals surface area contributed by atoms with Gasteiger partial charge in [-0.3, -0.25) is 4.98 Å². The van der Waals surface area contributed by atoms with Gasteiger partial charge in [-0.25, -0.2) is 4.79 Å². The molecule has 3 heterocycles. The van der Waals surface area contributed by atoms with E-state index in [-0.39, 0.29) is 18.1 Å². The van der Waals surface area contributed by atoms with E-state index >= 15 is 0 Å². The van der Waals surface area contributed by atoms with E-state index in [4.69, 9.17) is 26.4 Å². The van der Waals surface area contributed by atoms with Gasteiger partial charge in [0.05, 0.1) is 50.4 Å². The molecule has 1 saturated heterocycles. The molecule has 4 aromatic rings.